The zero-order chi connectivity index (χ0) is 18.4. The van der Waals surface area contributed by atoms with E-state index in [1.54, 1.807) is 24.3 Å². The second-order valence-electron chi connectivity index (χ2n) is 6.30. The van der Waals surface area contributed by atoms with Crippen LogP contribution in [0.3, 0.4) is 0 Å². The van der Waals surface area contributed by atoms with Crippen LogP contribution in [0.15, 0.2) is 54.6 Å². The normalized spacial score (nSPS) is 13.1. The number of hydrogen-bond donors (Lipinski definition) is 2. The highest BCUT2D eigenvalue weighted by Crippen LogP contribution is 2.16. The molecule has 8 heteroatoms. The molecule has 152 valence electrons. The Balaban J connectivity index is 0.00000196. The zero-order valence-corrected chi connectivity index (χ0v) is 17.2. The van der Waals surface area contributed by atoms with Gasteiger partial charge in [-0.3, -0.25) is 9.59 Å². The lowest BCUT2D eigenvalue weighted by Crippen LogP contribution is -2.49. The molecule has 2 aromatic rings. The summed E-state index contributed by atoms with van der Waals surface area (Å²) >= 11 is 0. The Hall–Kier alpha value is -2.44. The first-order valence-corrected chi connectivity index (χ1v) is 8.85. The van der Waals surface area contributed by atoms with Crippen molar-refractivity contribution in [3.8, 4) is 0 Å². The van der Waals surface area contributed by atoms with Crippen molar-refractivity contribution >= 4 is 48.0 Å². The van der Waals surface area contributed by atoms with Crippen LogP contribution in [0.4, 0.5) is 11.4 Å². The van der Waals surface area contributed by atoms with Crippen LogP contribution >= 0.6 is 24.8 Å². The SMILES string of the molecule is Cl.Cl.Nc1ccccc1C(=O)NCCC(=O)N1CCN(c2ccccc2)CC1. The van der Waals surface area contributed by atoms with E-state index in [0.717, 1.165) is 13.1 Å². The number of carbonyl (C=O) groups is 2. The standard InChI is InChI=1S/C20H24N4O2.2ClH/c21-18-9-5-4-8-17(18)20(26)22-11-10-19(25)24-14-12-23(13-15-24)16-6-2-1-3-7-16;;/h1-9H,10-15,21H2,(H,22,26);2*1H. The molecule has 3 N–H and O–H groups in total. The van der Waals surface area contributed by atoms with Crippen molar-refractivity contribution in [2.75, 3.05) is 43.4 Å². The average Bonchev–Trinajstić information content (AvgIpc) is 2.69. The van der Waals surface area contributed by atoms with Gasteiger partial charge in [-0.1, -0.05) is 30.3 Å². The third-order valence-electron chi connectivity index (χ3n) is 4.58. The molecular formula is C20H26Cl2N4O2. The first kappa shape index (κ1) is 23.6. The first-order valence-electron chi connectivity index (χ1n) is 8.85. The molecule has 1 heterocycles. The molecule has 2 amide bonds. The molecule has 6 nitrogen and oxygen atoms in total. The molecule has 1 saturated heterocycles. The van der Waals surface area contributed by atoms with Gasteiger partial charge in [-0.25, -0.2) is 0 Å². The third kappa shape index (κ3) is 6.04. The highest BCUT2D eigenvalue weighted by molar-refractivity contribution is 5.99. The van der Waals surface area contributed by atoms with Crippen LogP contribution in [0, 0.1) is 0 Å². The second kappa shape index (κ2) is 11.4. The van der Waals surface area contributed by atoms with E-state index in [0.29, 0.717) is 37.3 Å². The highest BCUT2D eigenvalue weighted by Gasteiger charge is 2.21. The van der Waals surface area contributed by atoms with Gasteiger partial charge in [0.25, 0.3) is 5.91 Å². The lowest BCUT2D eigenvalue weighted by molar-refractivity contribution is -0.131. The molecule has 0 aromatic heterocycles. The number of piperazine rings is 1. The van der Waals surface area contributed by atoms with Gasteiger partial charge >= 0.3 is 0 Å². The van der Waals surface area contributed by atoms with Crippen LogP contribution in [-0.2, 0) is 4.79 Å². The van der Waals surface area contributed by atoms with Crippen molar-refractivity contribution in [2.24, 2.45) is 0 Å². The van der Waals surface area contributed by atoms with Crippen molar-refractivity contribution in [1.82, 2.24) is 10.2 Å². The Morgan fingerprint density at radius 3 is 2.14 bits per heavy atom. The summed E-state index contributed by atoms with van der Waals surface area (Å²) in [7, 11) is 0. The number of rotatable bonds is 5. The van der Waals surface area contributed by atoms with E-state index in [2.05, 4.69) is 22.3 Å². The van der Waals surface area contributed by atoms with Gasteiger partial charge in [-0.05, 0) is 24.3 Å². The summed E-state index contributed by atoms with van der Waals surface area (Å²) < 4.78 is 0. The predicted octanol–water partition coefficient (Wildman–Crippen LogP) is 2.58. The summed E-state index contributed by atoms with van der Waals surface area (Å²) in [4.78, 5) is 28.6. The van der Waals surface area contributed by atoms with Crippen molar-refractivity contribution in [3.63, 3.8) is 0 Å². The minimum Gasteiger partial charge on any atom is -0.398 e. The molecule has 0 atom stereocenters. The molecule has 1 aliphatic heterocycles. The van der Waals surface area contributed by atoms with Crippen molar-refractivity contribution in [1.29, 1.82) is 0 Å². The maximum atomic E-state index is 12.4. The Morgan fingerprint density at radius 2 is 1.50 bits per heavy atom. The topological polar surface area (TPSA) is 78.7 Å². The van der Waals surface area contributed by atoms with Crippen LogP contribution in [0.1, 0.15) is 16.8 Å². The summed E-state index contributed by atoms with van der Waals surface area (Å²) in [5.74, 6) is -0.177. The van der Waals surface area contributed by atoms with Crippen LogP contribution in [0.2, 0.25) is 0 Å². The fourth-order valence-corrected chi connectivity index (χ4v) is 3.09. The monoisotopic (exact) mass is 424 g/mol. The maximum Gasteiger partial charge on any atom is 0.253 e. The smallest absolute Gasteiger partial charge is 0.253 e. The highest BCUT2D eigenvalue weighted by atomic mass is 35.5. The van der Waals surface area contributed by atoms with Crippen LogP contribution in [0.25, 0.3) is 0 Å². The minimum absolute atomic E-state index is 0. The number of anilines is 2. The van der Waals surface area contributed by atoms with E-state index in [4.69, 9.17) is 5.73 Å². The fourth-order valence-electron chi connectivity index (χ4n) is 3.09. The van der Waals surface area contributed by atoms with Gasteiger partial charge in [-0.15, -0.1) is 24.8 Å². The van der Waals surface area contributed by atoms with Gasteiger partial charge in [0.05, 0.1) is 5.56 Å². The van der Waals surface area contributed by atoms with Gasteiger partial charge in [-0.2, -0.15) is 0 Å². The number of halogens is 2. The fraction of sp³-hybridized carbons (Fsp3) is 0.300. The van der Waals surface area contributed by atoms with Gasteiger partial charge in [0, 0.05) is 50.5 Å². The Bertz CT molecular complexity index is 766. The van der Waals surface area contributed by atoms with E-state index in [1.807, 2.05) is 23.1 Å². The first-order chi connectivity index (χ1) is 12.6. The molecule has 28 heavy (non-hydrogen) atoms. The van der Waals surface area contributed by atoms with Crippen LogP contribution in [0.5, 0.6) is 0 Å². The largest absolute Gasteiger partial charge is 0.398 e. The molecule has 1 fully saturated rings. The number of amides is 2. The summed E-state index contributed by atoms with van der Waals surface area (Å²) in [5, 5.41) is 2.77. The number of nitrogens with zero attached hydrogens (tertiary/aromatic N) is 2. The molecular weight excluding hydrogens is 399 g/mol. The minimum atomic E-state index is -0.246. The molecule has 1 aliphatic rings. The quantitative estimate of drug-likeness (QED) is 0.722. The zero-order valence-electron chi connectivity index (χ0n) is 15.5. The second-order valence-corrected chi connectivity index (χ2v) is 6.30. The Morgan fingerprint density at radius 1 is 0.893 bits per heavy atom. The number of benzene rings is 2. The van der Waals surface area contributed by atoms with Gasteiger partial charge in [0.2, 0.25) is 5.91 Å². The van der Waals surface area contributed by atoms with E-state index in [9.17, 15) is 9.59 Å². The number of carbonyl (C=O) groups excluding carboxylic acids is 2. The number of para-hydroxylation sites is 2. The molecule has 0 saturated carbocycles. The number of nitrogens with one attached hydrogen (secondary N) is 1. The van der Waals surface area contributed by atoms with Crippen LogP contribution in [-0.4, -0.2) is 49.4 Å². The Labute approximate surface area is 177 Å². The van der Waals surface area contributed by atoms with E-state index < -0.39 is 0 Å². The lowest BCUT2D eigenvalue weighted by atomic mass is 10.1. The van der Waals surface area contributed by atoms with Crippen molar-refractivity contribution < 1.29 is 9.59 Å². The third-order valence-corrected chi connectivity index (χ3v) is 4.58. The summed E-state index contributed by atoms with van der Waals surface area (Å²) in [6, 6.07) is 17.1. The molecule has 0 radical (unpaired) electrons. The van der Waals surface area contributed by atoms with E-state index in [1.165, 1.54) is 5.69 Å². The summed E-state index contributed by atoms with van der Waals surface area (Å²) in [5.41, 5.74) is 7.86. The molecule has 0 unspecified atom stereocenters. The summed E-state index contributed by atoms with van der Waals surface area (Å²) in [6.45, 7) is 3.36. The van der Waals surface area contributed by atoms with E-state index >= 15 is 0 Å². The van der Waals surface area contributed by atoms with Gasteiger partial charge in [0.15, 0.2) is 0 Å². The number of hydrogen-bond acceptors (Lipinski definition) is 4. The van der Waals surface area contributed by atoms with Crippen molar-refractivity contribution in [3.05, 3.63) is 60.2 Å². The molecule has 2 aromatic carbocycles. The van der Waals surface area contributed by atoms with Gasteiger partial charge < -0.3 is 20.9 Å². The molecule has 3 rings (SSSR count). The summed E-state index contributed by atoms with van der Waals surface area (Å²) in [6.07, 6.45) is 0.295. The molecule has 0 aliphatic carbocycles. The number of nitrogens with two attached hydrogens (primary N) is 1. The van der Waals surface area contributed by atoms with Crippen molar-refractivity contribution in [2.45, 2.75) is 6.42 Å². The Kier molecular flexibility index (Phi) is 9.62. The van der Waals surface area contributed by atoms with Gasteiger partial charge in [0.1, 0.15) is 0 Å². The average molecular weight is 425 g/mol. The molecule has 0 spiro atoms. The lowest BCUT2D eigenvalue weighted by Gasteiger charge is -2.36. The van der Waals surface area contributed by atoms with Crippen LogP contribution < -0.4 is 16.0 Å². The maximum absolute atomic E-state index is 12.4. The predicted molar refractivity (Wildman–Crippen MR) is 118 cm³/mol. The molecule has 0 bridgehead atoms. The van der Waals surface area contributed by atoms with E-state index in [-0.39, 0.29) is 36.6 Å². The number of nitrogen functional groups attached to an aromatic ring is 1.